The average Bonchev–Trinajstić information content (AvgIpc) is 2.43. The summed E-state index contributed by atoms with van der Waals surface area (Å²) in [5, 5.41) is 0. The molecule has 2 unspecified atom stereocenters. The van der Waals surface area contributed by atoms with Gasteiger partial charge in [0.1, 0.15) is 5.75 Å². The van der Waals surface area contributed by atoms with E-state index in [4.69, 9.17) is 4.74 Å². The molecule has 0 N–H and O–H groups in total. The number of rotatable bonds is 1. The fraction of sp³-hybridized carbons (Fsp3) is 0.500. The Morgan fingerprint density at radius 3 is 2.70 bits per heavy atom. The number of carbonyl (C=O) groups excluding carboxylic acids is 1. The molecule has 0 amide bonds. The number of carbonyl (C=O) groups is 1. The Kier molecular flexibility index (Phi) is 2.82. The first-order valence-corrected chi connectivity index (χ1v) is 7.30. The van der Waals surface area contributed by atoms with Gasteiger partial charge in [0.25, 0.3) is 0 Å². The Morgan fingerprint density at radius 1 is 1.25 bits per heavy atom. The van der Waals surface area contributed by atoms with Gasteiger partial charge in [-0.05, 0) is 48.1 Å². The minimum Gasteiger partial charge on any atom is -0.497 e. The molecule has 0 spiro atoms. The number of benzene rings is 1. The van der Waals surface area contributed by atoms with Crippen LogP contribution in [0.4, 0.5) is 0 Å². The van der Waals surface area contributed by atoms with E-state index in [9.17, 15) is 4.79 Å². The number of ketones is 1. The van der Waals surface area contributed by atoms with E-state index < -0.39 is 0 Å². The number of fused-ring (bicyclic) bond motifs is 3. The molecule has 2 aliphatic rings. The highest BCUT2D eigenvalue weighted by Crippen LogP contribution is 2.53. The molecule has 0 aliphatic heterocycles. The van der Waals surface area contributed by atoms with Crippen LogP contribution in [0.15, 0.2) is 30.4 Å². The number of methoxy groups -OCH3 is 1. The van der Waals surface area contributed by atoms with Gasteiger partial charge in [-0.15, -0.1) is 0 Å². The maximum Gasteiger partial charge on any atom is 0.161 e. The van der Waals surface area contributed by atoms with Crippen LogP contribution in [0.5, 0.6) is 5.75 Å². The molecule has 1 aromatic carbocycles. The van der Waals surface area contributed by atoms with Gasteiger partial charge >= 0.3 is 0 Å². The van der Waals surface area contributed by atoms with E-state index in [1.165, 1.54) is 11.1 Å². The van der Waals surface area contributed by atoms with E-state index in [1.807, 2.05) is 6.07 Å². The van der Waals surface area contributed by atoms with Gasteiger partial charge < -0.3 is 4.74 Å². The average molecular weight is 270 g/mol. The maximum absolute atomic E-state index is 12.2. The van der Waals surface area contributed by atoms with Crippen molar-refractivity contribution in [3.63, 3.8) is 0 Å². The Hall–Kier alpha value is -1.57. The molecule has 0 bridgehead atoms. The van der Waals surface area contributed by atoms with Crippen molar-refractivity contribution in [3.05, 3.63) is 41.5 Å². The molecule has 0 saturated carbocycles. The second kappa shape index (κ2) is 4.21. The van der Waals surface area contributed by atoms with Crippen molar-refractivity contribution in [2.75, 3.05) is 7.11 Å². The zero-order valence-corrected chi connectivity index (χ0v) is 12.7. The topological polar surface area (TPSA) is 26.3 Å². The lowest BCUT2D eigenvalue weighted by molar-refractivity contribution is -0.127. The van der Waals surface area contributed by atoms with Gasteiger partial charge in [0.15, 0.2) is 5.78 Å². The third-order valence-electron chi connectivity index (χ3n) is 5.41. The summed E-state index contributed by atoms with van der Waals surface area (Å²) in [4.78, 5) is 12.2. The highest BCUT2D eigenvalue weighted by Gasteiger charge is 2.51. The van der Waals surface area contributed by atoms with E-state index >= 15 is 0 Å². The molecular weight excluding hydrogens is 248 g/mol. The minimum atomic E-state index is -0.287. The fourth-order valence-electron chi connectivity index (χ4n) is 4.14. The summed E-state index contributed by atoms with van der Waals surface area (Å²) >= 11 is 0. The van der Waals surface area contributed by atoms with E-state index in [-0.39, 0.29) is 16.6 Å². The van der Waals surface area contributed by atoms with Crippen LogP contribution in [-0.2, 0) is 16.6 Å². The zero-order valence-electron chi connectivity index (χ0n) is 12.7. The first kappa shape index (κ1) is 13.4. The highest BCUT2D eigenvalue weighted by molar-refractivity contribution is 5.96. The number of allylic oxidation sites excluding steroid dienone is 2. The second-order valence-corrected chi connectivity index (χ2v) is 6.82. The number of aryl methyl sites for hydroxylation is 1. The normalized spacial score (nSPS) is 30.6. The predicted molar refractivity (Wildman–Crippen MR) is 80.1 cm³/mol. The lowest BCUT2D eigenvalue weighted by atomic mass is 9.52. The van der Waals surface area contributed by atoms with Gasteiger partial charge in [-0.1, -0.05) is 32.9 Å². The molecule has 0 fully saturated rings. The molecule has 3 rings (SSSR count). The molecule has 2 nitrogen and oxygen atoms in total. The van der Waals surface area contributed by atoms with Gasteiger partial charge in [0.05, 0.1) is 7.11 Å². The van der Waals surface area contributed by atoms with Crippen molar-refractivity contribution in [1.29, 1.82) is 0 Å². The standard InChI is InChI=1S/C18H22O2/c1-17(2)15-8-6-12-5-7-13(20-4)11-14(12)18(15,3)10-9-16(17)19/h5,7,9-11,15H,6,8H2,1-4H3. The van der Waals surface area contributed by atoms with Crippen molar-refractivity contribution in [2.45, 2.75) is 39.0 Å². The summed E-state index contributed by atoms with van der Waals surface area (Å²) in [5.74, 6) is 1.51. The van der Waals surface area contributed by atoms with Crippen LogP contribution in [0, 0.1) is 11.3 Å². The van der Waals surface area contributed by atoms with Crippen molar-refractivity contribution in [2.24, 2.45) is 11.3 Å². The Balaban J connectivity index is 2.20. The van der Waals surface area contributed by atoms with Crippen LogP contribution < -0.4 is 4.74 Å². The largest absolute Gasteiger partial charge is 0.497 e. The third kappa shape index (κ3) is 1.67. The minimum absolute atomic E-state index is 0.0699. The molecule has 2 heteroatoms. The van der Waals surface area contributed by atoms with E-state index in [0.717, 1.165) is 18.6 Å². The number of hydrogen-bond donors (Lipinski definition) is 0. The van der Waals surface area contributed by atoms with Crippen molar-refractivity contribution < 1.29 is 9.53 Å². The summed E-state index contributed by atoms with van der Waals surface area (Å²) < 4.78 is 5.39. The lowest BCUT2D eigenvalue weighted by Crippen LogP contribution is -2.49. The maximum atomic E-state index is 12.2. The molecule has 2 aliphatic carbocycles. The summed E-state index contributed by atoms with van der Waals surface area (Å²) in [5.41, 5.74) is 2.35. The molecular formula is C18H22O2. The Morgan fingerprint density at radius 2 is 2.00 bits per heavy atom. The van der Waals surface area contributed by atoms with Gasteiger partial charge in [0, 0.05) is 10.8 Å². The van der Waals surface area contributed by atoms with Crippen LogP contribution >= 0.6 is 0 Å². The highest BCUT2D eigenvalue weighted by atomic mass is 16.5. The van der Waals surface area contributed by atoms with E-state index in [1.54, 1.807) is 13.2 Å². The van der Waals surface area contributed by atoms with Gasteiger partial charge in [-0.25, -0.2) is 0 Å². The summed E-state index contributed by atoms with van der Waals surface area (Å²) in [6.07, 6.45) is 6.01. The monoisotopic (exact) mass is 270 g/mol. The summed E-state index contributed by atoms with van der Waals surface area (Å²) in [6.45, 7) is 6.44. The third-order valence-corrected chi connectivity index (χ3v) is 5.41. The number of hydrogen-bond acceptors (Lipinski definition) is 2. The SMILES string of the molecule is COc1ccc2c(c1)C1(C)C=CC(=O)C(C)(C)C1CC2. The second-order valence-electron chi connectivity index (χ2n) is 6.82. The fourth-order valence-corrected chi connectivity index (χ4v) is 4.14. The van der Waals surface area contributed by atoms with Crippen LogP contribution in [0.1, 0.15) is 38.3 Å². The van der Waals surface area contributed by atoms with E-state index in [2.05, 4.69) is 39.0 Å². The Labute approximate surface area is 120 Å². The molecule has 2 atom stereocenters. The molecule has 0 saturated heterocycles. The van der Waals surface area contributed by atoms with E-state index in [0.29, 0.717) is 5.92 Å². The van der Waals surface area contributed by atoms with Gasteiger partial charge in [0.2, 0.25) is 0 Å². The first-order chi connectivity index (χ1) is 9.39. The van der Waals surface area contributed by atoms with Crippen LogP contribution in [0.3, 0.4) is 0 Å². The van der Waals surface area contributed by atoms with Crippen LogP contribution in [-0.4, -0.2) is 12.9 Å². The zero-order chi connectivity index (χ0) is 14.5. The molecule has 20 heavy (non-hydrogen) atoms. The first-order valence-electron chi connectivity index (χ1n) is 7.30. The van der Waals surface area contributed by atoms with Crippen LogP contribution in [0.2, 0.25) is 0 Å². The van der Waals surface area contributed by atoms with Gasteiger partial charge in [-0.3, -0.25) is 4.79 Å². The molecule has 0 heterocycles. The smallest absolute Gasteiger partial charge is 0.161 e. The molecule has 0 radical (unpaired) electrons. The van der Waals surface area contributed by atoms with Crippen LogP contribution in [0.25, 0.3) is 0 Å². The molecule has 1 aromatic rings. The summed E-state index contributed by atoms with van der Waals surface area (Å²) in [6, 6.07) is 6.36. The quantitative estimate of drug-likeness (QED) is 0.778. The number of ether oxygens (including phenoxy) is 1. The van der Waals surface area contributed by atoms with Gasteiger partial charge in [-0.2, -0.15) is 0 Å². The predicted octanol–water partition coefficient (Wildman–Crippen LogP) is 3.68. The van der Waals surface area contributed by atoms with Crippen molar-refractivity contribution >= 4 is 5.78 Å². The Bertz CT molecular complexity index is 597. The summed E-state index contributed by atoms with van der Waals surface area (Å²) in [7, 11) is 1.70. The lowest BCUT2D eigenvalue weighted by Gasteiger charge is -2.50. The molecule has 106 valence electrons. The molecule has 0 aromatic heterocycles. The van der Waals surface area contributed by atoms with Crippen molar-refractivity contribution in [3.8, 4) is 5.75 Å². The van der Waals surface area contributed by atoms with Crippen molar-refractivity contribution in [1.82, 2.24) is 0 Å².